The molecule has 2 heterocycles. The average Bonchev–Trinajstić information content (AvgIpc) is 2.96. The second kappa shape index (κ2) is 6.31. The van der Waals surface area contributed by atoms with E-state index < -0.39 is 0 Å². The molecule has 0 saturated carbocycles. The lowest BCUT2D eigenvalue weighted by atomic mass is 10.1. The molecule has 0 radical (unpaired) electrons. The summed E-state index contributed by atoms with van der Waals surface area (Å²) in [6.45, 7) is 3.56. The summed E-state index contributed by atoms with van der Waals surface area (Å²) >= 11 is 6.19. The third kappa shape index (κ3) is 3.00. The molecule has 1 saturated heterocycles. The van der Waals surface area contributed by atoms with Crippen LogP contribution < -0.4 is 10.5 Å². The van der Waals surface area contributed by atoms with E-state index in [0.29, 0.717) is 6.04 Å². The third-order valence-electron chi connectivity index (χ3n) is 3.97. The van der Waals surface area contributed by atoms with E-state index in [4.69, 9.17) is 22.1 Å². The predicted molar refractivity (Wildman–Crippen MR) is 80.4 cm³/mol. The molecule has 2 aliphatic rings. The van der Waals surface area contributed by atoms with Crippen LogP contribution in [-0.2, 0) is 13.0 Å². The zero-order valence-electron chi connectivity index (χ0n) is 10.9. The number of fused-ring (bicyclic) bond motifs is 1. The van der Waals surface area contributed by atoms with Crippen molar-refractivity contribution in [3.8, 4) is 5.75 Å². The van der Waals surface area contributed by atoms with Crippen LogP contribution in [-0.4, -0.2) is 30.6 Å². The van der Waals surface area contributed by atoms with Gasteiger partial charge in [-0.1, -0.05) is 11.6 Å². The summed E-state index contributed by atoms with van der Waals surface area (Å²) in [5, 5.41) is 0.817. The van der Waals surface area contributed by atoms with Gasteiger partial charge < -0.3 is 10.5 Å². The Morgan fingerprint density at radius 1 is 1.42 bits per heavy atom. The molecule has 0 spiro atoms. The number of hydrogen-bond acceptors (Lipinski definition) is 3. The number of nitrogens with two attached hydrogens (primary N) is 1. The third-order valence-corrected chi connectivity index (χ3v) is 4.19. The Kier molecular flexibility index (Phi) is 4.96. The molecule has 2 N–H and O–H groups in total. The Labute approximate surface area is 125 Å². The van der Waals surface area contributed by atoms with Crippen molar-refractivity contribution in [2.75, 3.05) is 19.7 Å². The van der Waals surface area contributed by atoms with Crippen molar-refractivity contribution in [3.05, 3.63) is 28.3 Å². The van der Waals surface area contributed by atoms with Gasteiger partial charge in [0.1, 0.15) is 5.75 Å². The minimum atomic E-state index is 0. The summed E-state index contributed by atoms with van der Waals surface area (Å²) < 4.78 is 5.75. The number of ether oxygens (including phenoxy) is 1. The average molecular weight is 303 g/mol. The van der Waals surface area contributed by atoms with Crippen molar-refractivity contribution in [1.82, 2.24) is 4.90 Å². The fourth-order valence-electron chi connectivity index (χ4n) is 3.05. The summed E-state index contributed by atoms with van der Waals surface area (Å²) in [4.78, 5) is 2.45. The number of rotatable bonds is 3. The number of nitrogens with zero attached hydrogens (tertiary/aromatic N) is 1. The molecular weight excluding hydrogens is 283 g/mol. The van der Waals surface area contributed by atoms with Gasteiger partial charge in [0.15, 0.2) is 0 Å². The van der Waals surface area contributed by atoms with Crippen molar-refractivity contribution in [2.45, 2.75) is 31.8 Å². The van der Waals surface area contributed by atoms with E-state index in [1.54, 1.807) is 0 Å². The molecule has 0 aliphatic carbocycles. The summed E-state index contributed by atoms with van der Waals surface area (Å²) in [7, 11) is 0. The van der Waals surface area contributed by atoms with E-state index >= 15 is 0 Å². The molecule has 1 aromatic carbocycles. The van der Waals surface area contributed by atoms with Crippen LogP contribution >= 0.6 is 24.0 Å². The standard InChI is InChI=1S/C14H19ClN2O.ClH/c15-12-6-10-3-5-18-14(10)11(7-12)9-17-4-1-2-13(17)8-16;/h6-7,13H,1-5,8-9,16H2;1H. The Morgan fingerprint density at radius 2 is 2.26 bits per heavy atom. The molecule has 1 atom stereocenters. The van der Waals surface area contributed by atoms with E-state index in [0.717, 1.165) is 43.4 Å². The molecule has 1 aromatic rings. The van der Waals surface area contributed by atoms with Gasteiger partial charge in [0, 0.05) is 36.1 Å². The number of hydrogen-bond donors (Lipinski definition) is 1. The molecule has 19 heavy (non-hydrogen) atoms. The van der Waals surface area contributed by atoms with E-state index in [1.807, 2.05) is 12.1 Å². The highest BCUT2D eigenvalue weighted by atomic mass is 35.5. The zero-order chi connectivity index (χ0) is 12.5. The maximum absolute atomic E-state index is 6.19. The van der Waals surface area contributed by atoms with Crippen molar-refractivity contribution in [3.63, 3.8) is 0 Å². The molecule has 2 aliphatic heterocycles. The molecule has 0 aromatic heterocycles. The molecule has 106 valence electrons. The monoisotopic (exact) mass is 302 g/mol. The van der Waals surface area contributed by atoms with E-state index in [2.05, 4.69) is 4.90 Å². The van der Waals surface area contributed by atoms with Crippen LogP contribution in [0, 0.1) is 0 Å². The van der Waals surface area contributed by atoms with Gasteiger partial charge in [0.05, 0.1) is 6.61 Å². The van der Waals surface area contributed by atoms with E-state index in [9.17, 15) is 0 Å². The minimum Gasteiger partial charge on any atom is -0.493 e. The Hall–Kier alpha value is -0.480. The molecule has 5 heteroatoms. The highest BCUT2D eigenvalue weighted by Crippen LogP contribution is 2.34. The van der Waals surface area contributed by atoms with Crippen LogP contribution in [0.25, 0.3) is 0 Å². The number of benzene rings is 1. The van der Waals surface area contributed by atoms with Gasteiger partial charge in [-0.2, -0.15) is 0 Å². The van der Waals surface area contributed by atoms with Crippen LogP contribution in [0.5, 0.6) is 5.75 Å². The van der Waals surface area contributed by atoms with Crippen LogP contribution in [0.4, 0.5) is 0 Å². The van der Waals surface area contributed by atoms with E-state index in [1.165, 1.54) is 24.0 Å². The topological polar surface area (TPSA) is 38.5 Å². The van der Waals surface area contributed by atoms with Crippen LogP contribution in [0.1, 0.15) is 24.0 Å². The first-order valence-corrected chi connectivity index (χ1v) is 7.04. The van der Waals surface area contributed by atoms with E-state index in [-0.39, 0.29) is 12.4 Å². The minimum absolute atomic E-state index is 0. The van der Waals surface area contributed by atoms with Crippen LogP contribution in [0.3, 0.4) is 0 Å². The van der Waals surface area contributed by atoms with Crippen molar-refractivity contribution < 1.29 is 4.74 Å². The lowest BCUT2D eigenvalue weighted by Crippen LogP contribution is -2.34. The molecule has 0 amide bonds. The smallest absolute Gasteiger partial charge is 0.127 e. The second-order valence-corrected chi connectivity index (χ2v) is 5.59. The van der Waals surface area contributed by atoms with Crippen molar-refractivity contribution >= 4 is 24.0 Å². The van der Waals surface area contributed by atoms with Gasteiger partial charge in [-0.3, -0.25) is 4.90 Å². The number of likely N-dealkylation sites (tertiary alicyclic amines) is 1. The van der Waals surface area contributed by atoms with Crippen molar-refractivity contribution in [2.24, 2.45) is 5.73 Å². The maximum Gasteiger partial charge on any atom is 0.127 e. The summed E-state index contributed by atoms with van der Waals surface area (Å²) in [5.41, 5.74) is 8.29. The molecular formula is C14H20Cl2N2O. The SMILES string of the molecule is Cl.NCC1CCCN1Cc1cc(Cl)cc2c1OCC2. The lowest BCUT2D eigenvalue weighted by molar-refractivity contribution is 0.245. The first kappa shape index (κ1) is 14.9. The number of halogens is 2. The Bertz CT molecular complexity index is 453. The van der Waals surface area contributed by atoms with Gasteiger partial charge in [0.2, 0.25) is 0 Å². The summed E-state index contributed by atoms with van der Waals surface area (Å²) in [6.07, 6.45) is 3.43. The first-order valence-electron chi connectivity index (χ1n) is 6.66. The maximum atomic E-state index is 6.19. The predicted octanol–water partition coefficient (Wildman–Crippen LogP) is 2.62. The quantitative estimate of drug-likeness (QED) is 0.933. The fraction of sp³-hybridized carbons (Fsp3) is 0.571. The van der Waals surface area contributed by atoms with Gasteiger partial charge in [-0.05, 0) is 37.1 Å². The summed E-state index contributed by atoms with van der Waals surface area (Å²) in [5.74, 6) is 1.06. The largest absolute Gasteiger partial charge is 0.493 e. The molecule has 1 unspecified atom stereocenters. The molecule has 0 bridgehead atoms. The van der Waals surface area contributed by atoms with Gasteiger partial charge in [-0.15, -0.1) is 12.4 Å². The zero-order valence-corrected chi connectivity index (χ0v) is 12.5. The van der Waals surface area contributed by atoms with Gasteiger partial charge in [-0.25, -0.2) is 0 Å². The highest BCUT2D eigenvalue weighted by Gasteiger charge is 2.26. The first-order chi connectivity index (χ1) is 8.78. The second-order valence-electron chi connectivity index (χ2n) is 5.15. The Morgan fingerprint density at radius 3 is 3.05 bits per heavy atom. The fourth-order valence-corrected chi connectivity index (χ4v) is 3.32. The van der Waals surface area contributed by atoms with Gasteiger partial charge in [0.25, 0.3) is 0 Å². The van der Waals surface area contributed by atoms with Crippen LogP contribution in [0.2, 0.25) is 5.02 Å². The molecule has 3 rings (SSSR count). The summed E-state index contributed by atoms with van der Waals surface area (Å²) in [6, 6.07) is 4.58. The molecule has 3 nitrogen and oxygen atoms in total. The normalized spacial score (nSPS) is 21.9. The highest BCUT2D eigenvalue weighted by molar-refractivity contribution is 6.30. The van der Waals surface area contributed by atoms with Crippen molar-refractivity contribution in [1.29, 1.82) is 0 Å². The lowest BCUT2D eigenvalue weighted by Gasteiger charge is -2.24. The Balaban J connectivity index is 0.00000133. The van der Waals surface area contributed by atoms with Crippen LogP contribution in [0.15, 0.2) is 12.1 Å². The van der Waals surface area contributed by atoms with Gasteiger partial charge >= 0.3 is 0 Å². The molecule has 1 fully saturated rings.